The van der Waals surface area contributed by atoms with E-state index in [-0.39, 0.29) is 0 Å². The van der Waals surface area contributed by atoms with Crippen LogP contribution in [-0.2, 0) is 13.1 Å². The molecule has 1 fully saturated rings. The summed E-state index contributed by atoms with van der Waals surface area (Å²) < 4.78 is 5.55. The van der Waals surface area contributed by atoms with E-state index in [9.17, 15) is 0 Å². The minimum atomic E-state index is 0.779. The van der Waals surface area contributed by atoms with Crippen LogP contribution in [-0.4, -0.2) is 24.5 Å². The van der Waals surface area contributed by atoms with Crippen molar-refractivity contribution in [1.29, 1.82) is 0 Å². The van der Waals surface area contributed by atoms with Gasteiger partial charge in [0, 0.05) is 18.2 Å². The molecule has 0 aromatic carbocycles. The molecule has 1 atom stereocenters. The van der Waals surface area contributed by atoms with Gasteiger partial charge in [-0.2, -0.15) is 0 Å². The number of nitrogens with one attached hydrogen (secondary N) is 1. The summed E-state index contributed by atoms with van der Waals surface area (Å²) in [6.07, 6.45) is 8.55. The fraction of sp³-hybridized carbons (Fsp3) is 0.733. The monoisotopic (exact) mass is 250 g/mol. The van der Waals surface area contributed by atoms with Crippen LogP contribution in [0.3, 0.4) is 0 Å². The first-order chi connectivity index (χ1) is 8.85. The van der Waals surface area contributed by atoms with Gasteiger partial charge < -0.3 is 9.73 Å². The molecule has 1 N–H and O–H groups in total. The van der Waals surface area contributed by atoms with Crippen molar-refractivity contribution in [2.75, 3.05) is 13.6 Å². The maximum atomic E-state index is 5.55. The number of nitrogens with zero attached hydrogens (tertiary/aromatic N) is 1. The predicted octanol–water partition coefficient (Wildman–Crippen LogP) is 3.15. The second-order valence-electron chi connectivity index (χ2n) is 5.31. The van der Waals surface area contributed by atoms with Crippen molar-refractivity contribution in [3.63, 3.8) is 0 Å². The number of likely N-dealkylation sites (tertiary alicyclic amines) is 1. The molecule has 0 amide bonds. The minimum absolute atomic E-state index is 0.779. The Labute approximate surface area is 111 Å². The third-order valence-electron chi connectivity index (χ3n) is 3.92. The second kappa shape index (κ2) is 6.95. The van der Waals surface area contributed by atoms with Crippen LogP contribution in [0.5, 0.6) is 0 Å². The van der Waals surface area contributed by atoms with Crippen LogP contribution in [0.4, 0.5) is 0 Å². The van der Waals surface area contributed by atoms with E-state index in [0.717, 1.165) is 24.9 Å². The molecular formula is C15H26N2O. The van der Waals surface area contributed by atoms with Crippen LogP contribution in [0.1, 0.15) is 50.4 Å². The first-order valence-electron chi connectivity index (χ1n) is 7.29. The Kier molecular flexibility index (Phi) is 5.26. The highest BCUT2D eigenvalue weighted by Crippen LogP contribution is 2.24. The summed E-state index contributed by atoms with van der Waals surface area (Å²) >= 11 is 0. The smallest absolute Gasteiger partial charge is 0.122 e. The quantitative estimate of drug-likeness (QED) is 0.840. The number of piperidine rings is 1. The van der Waals surface area contributed by atoms with E-state index in [1.54, 1.807) is 0 Å². The van der Waals surface area contributed by atoms with Crippen LogP contribution >= 0.6 is 0 Å². The third kappa shape index (κ3) is 3.36. The van der Waals surface area contributed by atoms with Crippen LogP contribution < -0.4 is 5.32 Å². The molecule has 3 nitrogen and oxygen atoms in total. The lowest BCUT2D eigenvalue weighted by molar-refractivity contribution is 0.130. The van der Waals surface area contributed by atoms with Gasteiger partial charge in [-0.1, -0.05) is 19.8 Å². The maximum Gasteiger partial charge on any atom is 0.122 e. The summed E-state index contributed by atoms with van der Waals surface area (Å²) in [7, 11) is 1.97. The van der Waals surface area contributed by atoms with E-state index in [1.807, 2.05) is 13.3 Å². The standard InChI is InChI=1S/C15H26N2O/c1-3-6-14-7-4-5-9-17(14)12-13-8-10-18-15(13)11-16-2/h8,10,14,16H,3-7,9,11-12H2,1-2H3. The summed E-state index contributed by atoms with van der Waals surface area (Å²) in [5.41, 5.74) is 1.35. The first kappa shape index (κ1) is 13.6. The van der Waals surface area contributed by atoms with E-state index < -0.39 is 0 Å². The number of furan rings is 1. The lowest BCUT2D eigenvalue weighted by Gasteiger charge is -2.35. The van der Waals surface area contributed by atoms with Gasteiger partial charge >= 0.3 is 0 Å². The molecule has 18 heavy (non-hydrogen) atoms. The summed E-state index contributed by atoms with van der Waals surface area (Å²) in [6.45, 7) is 5.42. The van der Waals surface area contributed by atoms with E-state index in [2.05, 4.69) is 23.2 Å². The molecule has 1 aliphatic heterocycles. The van der Waals surface area contributed by atoms with E-state index in [4.69, 9.17) is 4.42 Å². The average Bonchev–Trinajstić information content (AvgIpc) is 2.80. The van der Waals surface area contributed by atoms with Gasteiger partial charge in [0.25, 0.3) is 0 Å². The zero-order valence-electron chi connectivity index (χ0n) is 11.7. The maximum absolute atomic E-state index is 5.55. The predicted molar refractivity (Wildman–Crippen MR) is 74.4 cm³/mol. The summed E-state index contributed by atoms with van der Waals surface area (Å²) in [5.74, 6) is 1.10. The van der Waals surface area contributed by atoms with E-state index in [1.165, 1.54) is 44.2 Å². The third-order valence-corrected chi connectivity index (χ3v) is 3.92. The van der Waals surface area contributed by atoms with Gasteiger partial charge in [-0.15, -0.1) is 0 Å². The van der Waals surface area contributed by atoms with E-state index >= 15 is 0 Å². The Balaban J connectivity index is 1.99. The molecular weight excluding hydrogens is 224 g/mol. The number of rotatable bonds is 6. The molecule has 2 heterocycles. The van der Waals surface area contributed by atoms with Gasteiger partial charge in [-0.3, -0.25) is 4.90 Å². The van der Waals surface area contributed by atoms with Crippen LogP contribution in [0.2, 0.25) is 0 Å². The van der Waals surface area contributed by atoms with Gasteiger partial charge in [0.15, 0.2) is 0 Å². The van der Waals surface area contributed by atoms with Crippen molar-refractivity contribution < 1.29 is 4.42 Å². The van der Waals surface area contributed by atoms with Crippen molar-refractivity contribution in [3.05, 3.63) is 23.7 Å². The van der Waals surface area contributed by atoms with Gasteiger partial charge in [0.2, 0.25) is 0 Å². The average molecular weight is 250 g/mol. The van der Waals surface area contributed by atoms with Gasteiger partial charge in [0.1, 0.15) is 5.76 Å². The lowest BCUT2D eigenvalue weighted by atomic mass is 9.97. The molecule has 1 saturated heterocycles. The largest absolute Gasteiger partial charge is 0.468 e. The topological polar surface area (TPSA) is 28.4 Å². The zero-order valence-corrected chi connectivity index (χ0v) is 11.7. The highest BCUT2D eigenvalue weighted by Gasteiger charge is 2.22. The highest BCUT2D eigenvalue weighted by molar-refractivity contribution is 5.17. The van der Waals surface area contributed by atoms with E-state index in [0.29, 0.717) is 0 Å². The van der Waals surface area contributed by atoms with Crippen LogP contribution in [0.25, 0.3) is 0 Å². The van der Waals surface area contributed by atoms with Crippen molar-refractivity contribution in [2.24, 2.45) is 0 Å². The van der Waals surface area contributed by atoms with Crippen LogP contribution in [0, 0.1) is 0 Å². The van der Waals surface area contributed by atoms with Gasteiger partial charge in [0.05, 0.1) is 12.8 Å². The fourth-order valence-corrected chi connectivity index (χ4v) is 2.97. The van der Waals surface area contributed by atoms with Gasteiger partial charge in [-0.05, 0) is 38.9 Å². The first-order valence-corrected chi connectivity index (χ1v) is 7.29. The Hall–Kier alpha value is -0.800. The zero-order chi connectivity index (χ0) is 12.8. The van der Waals surface area contributed by atoms with Crippen molar-refractivity contribution >= 4 is 0 Å². The lowest BCUT2D eigenvalue weighted by Crippen LogP contribution is -2.38. The summed E-state index contributed by atoms with van der Waals surface area (Å²) in [6, 6.07) is 2.91. The number of hydrogen-bond donors (Lipinski definition) is 1. The Morgan fingerprint density at radius 3 is 3.11 bits per heavy atom. The molecule has 1 aromatic rings. The molecule has 0 aliphatic carbocycles. The molecule has 0 spiro atoms. The second-order valence-corrected chi connectivity index (χ2v) is 5.31. The highest BCUT2D eigenvalue weighted by atomic mass is 16.3. The molecule has 0 bridgehead atoms. The molecule has 0 saturated carbocycles. The van der Waals surface area contributed by atoms with Crippen LogP contribution in [0.15, 0.2) is 16.7 Å². The molecule has 1 unspecified atom stereocenters. The Morgan fingerprint density at radius 1 is 1.44 bits per heavy atom. The minimum Gasteiger partial charge on any atom is -0.468 e. The Morgan fingerprint density at radius 2 is 2.33 bits per heavy atom. The molecule has 1 aromatic heterocycles. The summed E-state index contributed by atoms with van der Waals surface area (Å²) in [4.78, 5) is 2.65. The summed E-state index contributed by atoms with van der Waals surface area (Å²) in [5, 5.41) is 3.17. The molecule has 102 valence electrons. The van der Waals surface area contributed by atoms with Crippen molar-refractivity contribution in [3.8, 4) is 0 Å². The molecule has 0 radical (unpaired) electrons. The Bertz CT molecular complexity index is 346. The SMILES string of the molecule is CCCC1CCCCN1Cc1ccoc1CNC. The molecule has 2 rings (SSSR count). The number of hydrogen-bond acceptors (Lipinski definition) is 3. The van der Waals surface area contributed by atoms with Gasteiger partial charge in [-0.25, -0.2) is 0 Å². The molecule has 3 heteroatoms. The molecule has 1 aliphatic rings. The van der Waals surface area contributed by atoms with Crippen molar-refractivity contribution in [1.82, 2.24) is 10.2 Å². The van der Waals surface area contributed by atoms with Crippen molar-refractivity contribution in [2.45, 2.75) is 58.2 Å². The normalized spacial score (nSPS) is 21.3. The fourth-order valence-electron chi connectivity index (χ4n) is 2.97.